The normalized spacial score (nSPS) is 21.6. The van der Waals surface area contributed by atoms with E-state index in [0.29, 0.717) is 37.8 Å². The summed E-state index contributed by atoms with van der Waals surface area (Å²) in [6, 6.07) is 7.22. The van der Waals surface area contributed by atoms with Gasteiger partial charge in [-0.15, -0.1) is 0 Å². The molecule has 2 saturated heterocycles. The standard InChI is InChI=1S/C17H23NO5/c1-16(2)22-11-17(12-23-16)9-18(10-17)15(19)8-21-14-6-4-5-13(7-14)20-3/h4-7H,8-12H2,1-3H3. The van der Waals surface area contributed by atoms with Crippen LogP contribution in [0.2, 0.25) is 0 Å². The molecule has 126 valence electrons. The van der Waals surface area contributed by atoms with E-state index in [4.69, 9.17) is 18.9 Å². The van der Waals surface area contributed by atoms with E-state index < -0.39 is 5.79 Å². The summed E-state index contributed by atoms with van der Waals surface area (Å²) in [5, 5.41) is 0. The van der Waals surface area contributed by atoms with Crippen LogP contribution in [0.15, 0.2) is 24.3 Å². The molecule has 0 aromatic heterocycles. The van der Waals surface area contributed by atoms with Gasteiger partial charge < -0.3 is 23.8 Å². The average Bonchev–Trinajstić information content (AvgIpc) is 2.51. The van der Waals surface area contributed by atoms with E-state index >= 15 is 0 Å². The molecule has 1 amide bonds. The van der Waals surface area contributed by atoms with Crippen molar-refractivity contribution in [2.24, 2.45) is 5.41 Å². The summed E-state index contributed by atoms with van der Waals surface area (Å²) in [5.74, 6) is 0.782. The Kier molecular flexibility index (Phi) is 4.21. The molecule has 0 unspecified atom stereocenters. The molecule has 2 aliphatic heterocycles. The van der Waals surface area contributed by atoms with E-state index in [1.54, 1.807) is 24.1 Å². The van der Waals surface area contributed by atoms with E-state index in [9.17, 15) is 4.79 Å². The lowest BCUT2D eigenvalue weighted by Crippen LogP contribution is -2.66. The van der Waals surface area contributed by atoms with Crippen LogP contribution in [0, 0.1) is 5.41 Å². The van der Waals surface area contributed by atoms with Crippen molar-refractivity contribution in [2.45, 2.75) is 19.6 Å². The molecule has 0 aliphatic carbocycles. The molecule has 0 N–H and O–H groups in total. The fraction of sp³-hybridized carbons (Fsp3) is 0.588. The number of carbonyl (C=O) groups excluding carboxylic acids is 1. The number of hydrogen-bond acceptors (Lipinski definition) is 5. The van der Waals surface area contributed by atoms with Gasteiger partial charge in [0.15, 0.2) is 12.4 Å². The van der Waals surface area contributed by atoms with Crippen LogP contribution < -0.4 is 9.47 Å². The van der Waals surface area contributed by atoms with E-state index in [1.807, 2.05) is 26.0 Å². The number of hydrogen-bond donors (Lipinski definition) is 0. The second-order valence-corrected chi connectivity index (χ2v) is 6.69. The molecule has 2 fully saturated rings. The largest absolute Gasteiger partial charge is 0.497 e. The molecule has 6 nitrogen and oxygen atoms in total. The zero-order valence-electron chi connectivity index (χ0n) is 13.8. The minimum absolute atomic E-state index is 0.0243. The molecule has 23 heavy (non-hydrogen) atoms. The zero-order valence-corrected chi connectivity index (χ0v) is 13.8. The number of likely N-dealkylation sites (tertiary alicyclic amines) is 1. The number of benzene rings is 1. The third-order valence-corrected chi connectivity index (χ3v) is 4.26. The van der Waals surface area contributed by atoms with Crippen molar-refractivity contribution in [1.29, 1.82) is 0 Å². The van der Waals surface area contributed by atoms with E-state index in [1.165, 1.54) is 0 Å². The third kappa shape index (κ3) is 3.59. The minimum atomic E-state index is -0.523. The van der Waals surface area contributed by atoms with Crippen LogP contribution in [-0.4, -0.2) is 56.6 Å². The maximum absolute atomic E-state index is 12.2. The monoisotopic (exact) mass is 321 g/mol. The van der Waals surface area contributed by atoms with Crippen molar-refractivity contribution < 1.29 is 23.7 Å². The van der Waals surface area contributed by atoms with Crippen molar-refractivity contribution in [3.8, 4) is 11.5 Å². The number of nitrogens with zero attached hydrogens (tertiary/aromatic N) is 1. The predicted octanol–water partition coefficient (Wildman–Crippen LogP) is 1.69. The fourth-order valence-corrected chi connectivity index (χ4v) is 2.79. The Morgan fingerprint density at radius 3 is 2.52 bits per heavy atom. The molecule has 0 atom stereocenters. The van der Waals surface area contributed by atoms with Gasteiger partial charge in [0.25, 0.3) is 5.91 Å². The van der Waals surface area contributed by atoms with Gasteiger partial charge in [-0.3, -0.25) is 4.79 Å². The van der Waals surface area contributed by atoms with Crippen molar-refractivity contribution in [3.63, 3.8) is 0 Å². The minimum Gasteiger partial charge on any atom is -0.497 e. The maximum Gasteiger partial charge on any atom is 0.260 e. The number of ether oxygens (including phenoxy) is 4. The quantitative estimate of drug-likeness (QED) is 0.844. The van der Waals surface area contributed by atoms with Gasteiger partial charge in [0, 0.05) is 19.2 Å². The SMILES string of the molecule is COc1cccc(OCC(=O)N2CC3(COC(C)(C)OC3)C2)c1. The second kappa shape index (κ2) is 6.02. The first kappa shape index (κ1) is 16.1. The van der Waals surface area contributed by atoms with E-state index in [-0.39, 0.29) is 17.9 Å². The molecule has 1 aromatic carbocycles. The number of carbonyl (C=O) groups is 1. The zero-order chi connectivity index (χ0) is 16.5. The van der Waals surface area contributed by atoms with Crippen molar-refractivity contribution in [2.75, 3.05) is 40.0 Å². The highest BCUT2D eigenvalue weighted by Gasteiger charge is 2.50. The smallest absolute Gasteiger partial charge is 0.260 e. The van der Waals surface area contributed by atoms with Gasteiger partial charge in [0.05, 0.1) is 25.7 Å². The molecular formula is C17H23NO5. The highest BCUT2D eigenvalue weighted by Crippen LogP contribution is 2.37. The highest BCUT2D eigenvalue weighted by atomic mass is 16.7. The Bertz CT molecular complexity index is 568. The summed E-state index contributed by atoms with van der Waals surface area (Å²) in [7, 11) is 1.60. The van der Waals surface area contributed by atoms with E-state index in [0.717, 1.165) is 0 Å². The van der Waals surface area contributed by atoms with Crippen molar-refractivity contribution in [1.82, 2.24) is 4.90 Å². The summed E-state index contributed by atoms with van der Waals surface area (Å²) in [5.41, 5.74) is -0.0544. The number of methoxy groups -OCH3 is 1. The van der Waals surface area contributed by atoms with Crippen molar-refractivity contribution >= 4 is 5.91 Å². The molecule has 0 saturated carbocycles. The van der Waals surface area contributed by atoms with Gasteiger partial charge in [0.1, 0.15) is 11.5 Å². The lowest BCUT2D eigenvalue weighted by Gasteiger charge is -2.53. The van der Waals surface area contributed by atoms with E-state index in [2.05, 4.69) is 0 Å². The summed E-state index contributed by atoms with van der Waals surface area (Å²) in [4.78, 5) is 14.0. The highest BCUT2D eigenvalue weighted by molar-refractivity contribution is 5.78. The summed E-state index contributed by atoms with van der Waals surface area (Å²) in [6.45, 7) is 6.40. The summed E-state index contributed by atoms with van der Waals surface area (Å²) in [6.07, 6.45) is 0. The molecule has 2 aliphatic rings. The predicted molar refractivity (Wildman–Crippen MR) is 83.5 cm³/mol. The van der Waals surface area contributed by atoms with Gasteiger partial charge in [-0.25, -0.2) is 0 Å². The Hall–Kier alpha value is -1.79. The van der Waals surface area contributed by atoms with Crippen molar-refractivity contribution in [3.05, 3.63) is 24.3 Å². The Morgan fingerprint density at radius 2 is 1.87 bits per heavy atom. The first-order valence-corrected chi connectivity index (χ1v) is 7.74. The van der Waals surface area contributed by atoms with Crippen LogP contribution in [0.3, 0.4) is 0 Å². The molecule has 1 aromatic rings. The first-order valence-electron chi connectivity index (χ1n) is 7.74. The van der Waals surface area contributed by atoms with Crippen LogP contribution in [0.1, 0.15) is 13.8 Å². The summed E-state index contributed by atoms with van der Waals surface area (Å²) < 4.78 is 22.1. The third-order valence-electron chi connectivity index (χ3n) is 4.26. The van der Waals surface area contributed by atoms with Gasteiger partial charge in [-0.05, 0) is 26.0 Å². The molecular weight excluding hydrogens is 298 g/mol. The van der Waals surface area contributed by atoms with Gasteiger partial charge in [0.2, 0.25) is 0 Å². The molecule has 0 bridgehead atoms. The Labute approximate surface area is 136 Å². The van der Waals surface area contributed by atoms with Gasteiger partial charge >= 0.3 is 0 Å². The van der Waals surface area contributed by atoms with Crippen LogP contribution in [0.5, 0.6) is 11.5 Å². The van der Waals surface area contributed by atoms with Crippen LogP contribution in [-0.2, 0) is 14.3 Å². The Morgan fingerprint density at radius 1 is 1.22 bits per heavy atom. The second-order valence-electron chi connectivity index (χ2n) is 6.69. The molecule has 0 radical (unpaired) electrons. The van der Waals surface area contributed by atoms with Crippen LogP contribution >= 0.6 is 0 Å². The van der Waals surface area contributed by atoms with Crippen LogP contribution in [0.25, 0.3) is 0 Å². The number of rotatable bonds is 4. The lowest BCUT2D eigenvalue weighted by molar-refractivity contribution is -0.303. The maximum atomic E-state index is 12.2. The van der Waals surface area contributed by atoms with Crippen LogP contribution in [0.4, 0.5) is 0 Å². The number of amides is 1. The average molecular weight is 321 g/mol. The molecule has 2 heterocycles. The molecule has 3 rings (SSSR count). The fourth-order valence-electron chi connectivity index (χ4n) is 2.79. The lowest BCUT2D eigenvalue weighted by atomic mass is 9.80. The Balaban J connectivity index is 1.46. The molecule has 1 spiro atoms. The topological polar surface area (TPSA) is 57.2 Å². The molecule has 6 heteroatoms. The summed E-state index contributed by atoms with van der Waals surface area (Å²) >= 11 is 0. The first-order chi connectivity index (χ1) is 10.9. The van der Waals surface area contributed by atoms with Gasteiger partial charge in [-0.2, -0.15) is 0 Å². The van der Waals surface area contributed by atoms with Gasteiger partial charge in [-0.1, -0.05) is 6.07 Å².